The Morgan fingerprint density at radius 1 is 0.778 bits per heavy atom. The highest BCUT2D eigenvalue weighted by molar-refractivity contribution is 5.41. The molecule has 1 heterocycles. The maximum Gasteiger partial charge on any atom is 0.0441 e. The Hall–Kier alpha value is -1.73. The second-order valence-electron chi connectivity index (χ2n) is 6.46. The average molecular weight is 239 g/mol. The molecule has 1 heteroatoms. The molecule has 0 bridgehead atoms. The molecule has 0 aromatic carbocycles. The third-order valence-corrected chi connectivity index (χ3v) is 1.90. The van der Waals surface area contributed by atoms with Crippen molar-refractivity contribution in [1.29, 1.82) is 0 Å². The molecule has 1 aromatic rings. The van der Waals surface area contributed by atoms with Crippen LogP contribution < -0.4 is 0 Å². The van der Waals surface area contributed by atoms with Gasteiger partial charge in [0.25, 0.3) is 0 Å². The molecule has 18 heavy (non-hydrogen) atoms. The molecule has 0 atom stereocenters. The molecule has 0 aliphatic rings. The summed E-state index contributed by atoms with van der Waals surface area (Å²) in [5.41, 5.74) is 1.86. The molecule has 0 aliphatic heterocycles. The first kappa shape index (κ1) is 14.3. The van der Waals surface area contributed by atoms with Crippen LogP contribution in [0.5, 0.6) is 0 Å². The van der Waals surface area contributed by atoms with E-state index in [0.717, 1.165) is 11.1 Å². The van der Waals surface area contributed by atoms with Crippen LogP contribution in [0.25, 0.3) is 0 Å². The Morgan fingerprint density at radius 2 is 1.17 bits per heavy atom. The third kappa shape index (κ3) is 6.12. The van der Waals surface area contributed by atoms with E-state index in [2.05, 4.69) is 70.2 Å². The van der Waals surface area contributed by atoms with E-state index in [1.807, 2.05) is 6.07 Å². The molecule has 1 rings (SSSR count). The van der Waals surface area contributed by atoms with Crippen LogP contribution in [-0.2, 0) is 0 Å². The Bertz CT molecular complexity index is 484. The summed E-state index contributed by atoms with van der Waals surface area (Å²) in [6.07, 6.45) is 3.56. The van der Waals surface area contributed by atoms with Crippen molar-refractivity contribution in [2.75, 3.05) is 0 Å². The first-order valence-corrected chi connectivity index (χ1v) is 6.17. The Labute approximate surface area is 111 Å². The lowest BCUT2D eigenvalue weighted by molar-refractivity contribution is 0.570. The topological polar surface area (TPSA) is 12.9 Å². The van der Waals surface area contributed by atoms with Gasteiger partial charge in [-0.05, 0) is 47.6 Å². The highest BCUT2D eigenvalue weighted by atomic mass is 14.6. The van der Waals surface area contributed by atoms with Crippen molar-refractivity contribution in [1.82, 2.24) is 4.98 Å². The van der Waals surface area contributed by atoms with E-state index in [9.17, 15) is 0 Å². The Balaban J connectivity index is 2.99. The predicted octanol–water partition coefficient (Wildman–Crippen LogP) is 3.88. The molecule has 94 valence electrons. The molecule has 0 fully saturated rings. The van der Waals surface area contributed by atoms with Gasteiger partial charge in [-0.2, -0.15) is 0 Å². The number of hydrogen-bond donors (Lipinski definition) is 0. The van der Waals surface area contributed by atoms with Gasteiger partial charge in [0.2, 0.25) is 0 Å². The van der Waals surface area contributed by atoms with Gasteiger partial charge in [-0.1, -0.05) is 23.7 Å². The quantitative estimate of drug-likeness (QED) is 0.626. The average Bonchev–Trinajstić information content (AvgIpc) is 2.22. The van der Waals surface area contributed by atoms with E-state index in [1.54, 1.807) is 12.4 Å². The van der Waals surface area contributed by atoms with Crippen molar-refractivity contribution in [3.63, 3.8) is 0 Å². The highest BCUT2D eigenvalue weighted by Crippen LogP contribution is 2.12. The Kier molecular flexibility index (Phi) is 4.20. The summed E-state index contributed by atoms with van der Waals surface area (Å²) >= 11 is 0. The fourth-order valence-corrected chi connectivity index (χ4v) is 1.10. The lowest BCUT2D eigenvalue weighted by Crippen LogP contribution is -2.00. The lowest BCUT2D eigenvalue weighted by Gasteiger charge is -2.07. The molecular weight excluding hydrogens is 218 g/mol. The molecular formula is C17H21N. The number of pyridine rings is 1. The van der Waals surface area contributed by atoms with Crippen LogP contribution in [0, 0.1) is 34.5 Å². The molecule has 0 radical (unpaired) electrons. The van der Waals surface area contributed by atoms with Gasteiger partial charge in [0, 0.05) is 34.4 Å². The van der Waals surface area contributed by atoms with Crippen molar-refractivity contribution in [3.05, 3.63) is 29.6 Å². The van der Waals surface area contributed by atoms with Gasteiger partial charge in [-0.25, -0.2) is 0 Å². The van der Waals surface area contributed by atoms with Crippen LogP contribution in [0.4, 0.5) is 0 Å². The van der Waals surface area contributed by atoms with Crippen molar-refractivity contribution in [2.24, 2.45) is 10.8 Å². The molecule has 1 aromatic heterocycles. The maximum absolute atomic E-state index is 4.18. The predicted molar refractivity (Wildman–Crippen MR) is 76.9 cm³/mol. The minimum atomic E-state index is 0.00704. The van der Waals surface area contributed by atoms with Crippen LogP contribution in [0.1, 0.15) is 52.7 Å². The monoisotopic (exact) mass is 239 g/mol. The van der Waals surface area contributed by atoms with Crippen LogP contribution >= 0.6 is 0 Å². The van der Waals surface area contributed by atoms with Crippen molar-refractivity contribution >= 4 is 0 Å². The molecule has 0 saturated carbocycles. The van der Waals surface area contributed by atoms with Gasteiger partial charge in [-0.15, -0.1) is 0 Å². The zero-order valence-electron chi connectivity index (χ0n) is 12.2. The zero-order chi connectivity index (χ0) is 13.8. The minimum Gasteiger partial charge on any atom is -0.262 e. The second kappa shape index (κ2) is 5.28. The largest absolute Gasteiger partial charge is 0.262 e. The van der Waals surface area contributed by atoms with Crippen LogP contribution in [0.2, 0.25) is 0 Å². The molecule has 0 aliphatic carbocycles. The van der Waals surface area contributed by atoms with E-state index in [0.29, 0.717) is 0 Å². The minimum absolute atomic E-state index is 0.00704. The van der Waals surface area contributed by atoms with E-state index in [4.69, 9.17) is 0 Å². The fraction of sp³-hybridized carbons (Fsp3) is 0.471. The maximum atomic E-state index is 4.18. The van der Waals surface area contributed by atoms with Crippen molar-refractivity contribution in [2.45, 2.75) is 41.5 Å². The smallest absolute Gasteiger partial charge is 0.0441 e. The summed E-state index contributed by atoms with van der Waals surface area (Å²) in [6.45, 7) is 12.6. The molecule has 1 nitrogen and oxygen atoms in total. The molecule has 0 saturated heterocycles. The summed E-state index contributed by atoms with van der Waals surface area (Å²) in [7, 11) is 0. The number of hydrogen-bond acceptors (Lipinski definition) is 1. The first-order chi connectivity index (χ1) is 8.16. The summed E-state index contributed by atoms with van der Waals surface area (Å²) in [4.78, 5) is 4.18. The number of aromatic nitrogens is 1. The van der Waals surface area contributed by atoms with Crippen molar-refractivity contribution in [3.8, 4) is 23.7 Å². The van der Waals surface area contributed by atoms with Crippen LogP contribution in [0.15, 0.2) is 18.5 Å². The SMILES string of the molecule is CC(C)(C)C#Cc1cncc(C#CC(C)(C)C)c1. The molecule has 0 spiro atoms. The van der Waals surface area contributed by atoms with Gasteiger partial charge in [0.1, 0.15) is 0 Å². The summed E-state index contributed by atoms with van der Waals surface area (Å²) in [5.74, 6) is 12.7. The van der Waals surface area contributed by atoms with Crippen LogP contribution in [0.3, 0.4) is 0 Å². The van der Waals surface area contributed by atoms with Gasteiger partial charge < -0.3 is 0 Å². The van der Waals surface area contributed by atoms with E-state index < -0.39 is 0 Å². The lowest BCUT2D eigenvalue weighted by atomic mass is 9.97. The fourth-order valence-electron chi connectivity index (χ4n) is 1.10. The first-order valence-electron chi connectivity index (χ1n) is 6.17. The second-order valence-corrected chi connectivity index (χ2v) is 6.46. The zero-order valence-corrected chi connectivity index (χ0v) is 12.2. The van der Waals surface area contributed by atoms with Gasteiger partial charge in [0.05, 0.1) is 0 Å². The van der Waals surface area contributed by atoms with E-state index in [-0.39, 0.29) is 10.8 Å². The molecule has 0 amide bonds. The highest BCUT2D eigenvalue weighted by Gasteiger charge is 2.04. The normalized spacial score (nSPS) is 11.0. The van der Waals surface area contributed by atoms with Gasteiger partial charge in [-0.3, -0.25) is 4.98 Å². The third-order valence-electron chi connectivity index (χ3n) is 1.90. The van der Waals surface area contributed by atoms with E-state index >= 15 is 0 Å². The summed E-state index contributed by atoms with van der Waals surface area (Å²) in [6, 6.07) is 1.99. The molecule has 0 unspecified atom stereocenters. The summed E-state index contributed by atoms with van der Waals surface area (Å²) < 4.78 is 0. The van der Waals surface area contributed by atoms with Crippen molar-refractivity contribution < 1.29 is 0 Å². The molecule has 0 N–H and O–H groups in total. The standard InChI is InChI=1S/C17H21N/c1-16(2,3)9-7-14-11-15(13-18-12-14)8-10-17(4,5)6/h11-13H,1-6H3. The number of rotatable bonds is 0. The van der Waals surface area contributed by atoms with Gasteiger partial charge >= 0.3 is 0 Å². The van der Waals surface area contributed by atoms with E-state index in [1.165, 1.54) is 0 Å². The Morgan fingerprint density at radius 3 is 1.50 bits per heavy atom. The number of nitrogens with zero attached hydrogens (tertiary/aromatic N) is 1. The summed E-state index contributed by atoms with van der Waals surface area (Å²) in [5, 5.41) is 0. The van der Waals surface area contributed by atoms with Crippen LogP contribution in [-0.4, -0.2) is 4.98 Å². The van der Waals surface area contributed by atoms with Gasteiger partial charge in [0.15, 0.2) is 0 Å².